The van der Waals surface area contributed by atoms with Gasteiger partial charge in [-0.2, -0.15) is 0 Å². The molecule has 3 atom stereocenters. The second kappa shape index (κ2) is 9.04. The standard InChI is InChI=1S/C22H30FN3O2S/c1-15-5-3-9-25(15)12-18-6-4-10-26(18)22(27)20-8-7-19(11-21(20)23)28-13-17-14-29-16(2)24-17/h7-8,11,15,17-18H,3-6,9-10,12-14H2,1-2H3. The van der Waals surface area contributed by atoms with Crippen LogP contribution >= 0.6 is 11.8 Å². The molecular weight excluding hydrogens is 389 g/mol. The maximum absolute atomic E-state index is 14.7. The Hall–Kier alpha value is -1.60. The molecule has 2 fully saturated rings. The van der Waals surface area contributed by atoms with Gasteiger partial charge in [-0.3, -0.25) is 14.7 Å². The molecule has 0 bridgehead atoms. The Morgan fingerprint density at radius 2 is 2.14 bits per heavy atom. The molecule has 2 saturated heterocycles. The van der Waals surface area contributed by atoms with Gasteiger partial charge in [0.25, 0.3) is 5.91 Å². The number of benzene rings is 1. The molecule has 1 aromatic carbocycles. The Bertz CT molecular complexity index is 787. The van der Waals surface area contributed by atoms with Crippen LogP contribution in [0.15, 0.2) is 23.2 Å². The van der Waals surface area contributed by atoms with Gasteiger partial charge in [-0.05, 0) is 58.2 Å². The molecule has 3 unspecified atom stereocenters. The van der Waals surface area contributed by atoms with Crippen LogP contribution in [-0.2, 0) is 0 Å². The van der Waals surface area contributed by atoms with Crippen LogP contribution in [0.2, 0.25) is 0 Å². The first kappa shape index (κ1) is 20.7. The summed E-state index contributed by atoms with van der Waals surface area (Å²) in [5, 5.41) is 1.06. The Labute approximate surface area is 176 Å². The first-order valence-electron chi connectivity index (χ1n) is 10.7. The number of halogens is 1. The second-order valence-corrected chi connectivity index (χ2v) is 9.56. The third-order valence-corrected chi connectivity index (χ3v) is 7.31. The predicted molar refractivity (Wildman–Crippen MR) is 116 cm³/mol. The average Bonchev–Trinajstić information content (AvgIpc) is 3.43. The molecule has 3 heterocycles. The number of carbonyl (C=O) groups excluding carboxylic acids is 1. The summed E-state index contributed by atoms with van der Waals surface area (Å²) < 4.78 is 20.4. The minimum Gasteiger partial charge on any atom is -0.491 e. The van der Waals surface area contributed by atoms with E-state index in [1.807, 2.05) is 11.8 Å². The lowest BCUT2D eigenvalue weighted by Gasteiger charge is -2.31. The highest BCUT2D eigenvalue weighted by Crippen LogP contribution is 2.27. The summed E-state index contributed by atoms with van der Waals surface area (Å²) in [4.78, 5) is 21.9. The molecule has 3 aliphatic heterocycles. The highest BCUT2D eigenvalue weighted by molar-refractivity contribution is 8.14. The van der Waals surface area contributed by atoms with Crippen molar-refractivity contribution in [3.8, 4) is 5.75 Å². The maximum Gasteiger partial charge on any atom is 0.257 e. The van der Waals surface area contributed by atoms with Crippen LogP contribution in [0.3, 0.4) is 0 Å². The van der Waals surface area contributed by atoms with E-state index in [0.29, 0.717) is 24.9 Å². The highest BCUT2D eigenvalue weighted by Gasteiger charge is 2.34. The topological polar surface area (TPSA) is 45.1 Å². The average molecular weight is 420 g/mol. The van der Waals surface area contributed by atoms with Crippen molar-refractivity contribution in [2.24, 2.45) is 4.99 Å². The second-order valence-electron chi connectivity index (χ2n) is 8.35. The normalized spacial score (nSPS) is 27.5. The van der Waals surface area contributed by atoms with Gasteiger partial charge in [0.15, 0.2) is 0 Å². The first-order valence-corrected chi connectivity index (χ1v) is 11.6. The van der Waals surface area contributed by atoms with E-state index in [4.69, 9.17) is 4.74 Å². The summed E-state index contributed by atoms with van der Waals surface area (Å²) in [6, 6.07) is 5.47. The molecule has 5 nitrogen and oxygen atoms in total. The smallest absolute Gasteiger partial charge is 0.257 e. The van der Waals surface area contributed by atoms with Crippen molar-refractivity contribution < 1.29 is 13.9 Å². The number of thioether (sulfide) groups is 1. The van der Waals surface area contributed by atoms with Crippen LogP contribution in [0.25, 0.3) is 0 Å². The number of likely N-dealkylation sites (tertiary alicyclic amines) is 2. The van der Waals surface area contributed by atoms with E-state index in [0.717, 1.165) is 36.7 Å². The predicted octanol–water partition coefficient (Wildman–Crippen LogP) is 3.83. The summed E-state index contributed by atoms with van der Waals surface area (Å²) in [7, 11) is 0. The number of ether oxygens (including phenoxy) is 1. The van der Waals surface area contributed by atoms with E-state index < -0.39 is 5.82 Å². The quantitative estimate of drug-likeness (QED) is 0.703. The van der Waals surface area contributed by atoms with Crippen LogP contribution < -0.4 is 4.74 Å². The van der Waals surface area contributed by atoms with Gasteiger partial charge in [0.1, 0.15) is 18.2 Å². The summed E-state index contributed by atoms with van der Waals surface area (Å²) in [6.45, 7) is 7.38. The van der Waals surface area contributed by atoms with Crippen LogP contribution in [0, 0.1) is 5.82 Å². The SMILES string of the molecule is CC1=NC(COc2ccc(C(=O)N3CCCC3CN3CCCC3C)c(F)c2)CS1. The largest absolute Gasteiger partial charge is 0.491 e. The van der Waals surface area contributed by atoms with Crippen LogP contribution in [-0.4, -0.2) is 70.9 Å². The lowest BCUT2D eigenvalue weighted by molar-refractivity contribution is 0.0692. The van der Waals surface area contributed by atoms with E-state index >= 15 is 0 Å². The van der Waals surface area contributed by atoms with Gasteiger partial charge in [-0.15, -0.1) is 11.8 Å². The third kappa shape index (κ3) is 4.77. The Kier molecular flexibility index (Phi) is 6.44. The maximum atomic E-state index is 14.7. The summed E-state index contributed by atoms with van der Waals surface area (Å²) >= 11 is 1.72. The van der Waals surface area contributed by atoms with Gasteiger partial charge < -0.3 is 9.64 Å². The monoisotopic (exact) mass is 419 g/mol. The van der Waals surface area contributed by atoms with Crippen LogP contribution in [0.4, 0.5) is 4.39 Å². The van der Waals surface area contributed by atoms with Crippen molar-refractivity contribution >= 4 is 22.7 Å². The molecule has 158 valence electrons. The third-order valence-electron chi connectivity index (χ3n) is 6.24. The van der Waals surface area contributed by atoms with E-state index in [1.54, 1.807) is 23.9 Å². The Morgan fingerprint density at radius 3 is 2.83 bits per heavy atom. The Morgan fingerprint density at radius 1 is 1.31 bits per heavy atom. The van der Waals surface area contributed by atoms with Crippen molar-refractivity contribution in [2.45, 2.75) is 57.7 Å². The molecule has 1 aromatic rings. The molecule has 1 amide bonds. The molecule has 0 spiro atoms. The van der Waals surface area contributed by atoms with Gasteiger partial charge in [-0.1, -0.05) is 0 Å². The number of rotatable bonds is 6. The fourth-order valence-electron chi connectivity index (χ4n) is 4.57. The van der Waals surface area contributed by atoms with Crippen molar-refractivity contribution in [1.82, 2.24) is 9.80 Å². The minimum atomic E-state index is -0.506. The van der Waals surface area contributed by atoms with Crippen LogP contribution in [0.5, 0.6) is 5.75 Å². The van der Waals surface area contributed by atoms with Crippen LogP contribution in [0.1, 0.15) is 49.9 Å². The van der Waals surface area contributed by atoms with Gasteiger partial charge in [0.2, 0.25) is 0 Å². The van der Waals surface area contributed by atoms with Crippen molar-refractivity contribution in [1.29, 1.82) is 0 Å². The molecule has 0 N–H and O–H groups in total. The van der Waals surface area contributed by atoms with E-state index in [-0.39, 0.29) is 23.6 Å². The van der Waals surface area contributed by atoms with E-state index in [2.05, 4.69) is 16.8 Å². The fourth-order valence-corrected chi connectivity index (χ4v) is 5.40. The zero-order valence-corrected chi connectivity index (χ0v) is 18.1. The Balaban J connectivity index is 1.38. The highest BCUT2D eigenvalue weighted by atomic mass is 32.2. The van der Waals surface area contributed by atoms with Gasteiger partial charge in [-0.25, -0.2) is 4.39 Å². The molecule has 3 aliphatic rings. The van der Waals surface area contributed by atoms with Crippen molar-refractivity contribution in [3.63, 3.8) is 0 Å². The molecule has 29 heavy (non-hydrogen) atoms. The van der Waals surface area contributed by atoms with E-state index in [9.17, 15) is 9.18 Å². The molecule has 4 rings (SSSR count). The number of nitrogens with zero attached hydrogens (tertiary/aromatic N) is 3. The molecule has 0 aliphatic carbocycles. The molecule has 7 heteroatoms. The molecule has 0 radical (unpaired) electrons. The number of hydrogen-bond donors (Lipinski definition) is 0. The number of amides is 1. The fraction of sp³-hybridized carbons (Fsp3) is 0.636. The molecular formula is C22H30FN3O2S. The molecule has 0 saturated carbocycles. The first-order chi connectivity index (χ1) is 14.0. The van der Waals surface area contributed by atoms with Crippen molar-refractivity contribution in [3.05, 3.63) is 29.6 Å². The minimum absolute atomic E-state index is 0.114. The van der Waals surface area contributed by atoms with Gasteiger partial charge in [0.05, 0.1) is 16.6 Å². The molecule has 0 aromatic heterocycles. The van der Waals surface area contributed by atoms with E-state index in [1.165, 1.54) is 18.9 Å². The van der Waals surface area contributed by atoms with Crippen molar-refractivity contribution in [2.75, 3.05) is 32.0 Å². The lowest BCUT2D eigenvalue weighted by atomic mass is 10.1. The number of carbonyl (C=O) groups is 1. The zero-order valence-electron chi connectivity index (χ0n) is 17.3. The van der Waals surface area contributed by atoms with Gasteiger partial charge >= 0.3 is 0 Å². The summed E-state index contributed by atoms with van der Waals surface area (Å²) in [5.74, 6) is 0.647. The lowest BCUT2D eigenvalue weighted by Crippen LogP contribution is -2.44. The summed E-state index contributed by atoms with van der Waals surface area (Å²) in [5.41, 5.74) is 0.143. The zero-order chi connectivity index (χ0) is 20.4. The number of aliphatic imine (C=N–C) groups is 1. The van der Waals surface area contributed by atoms with Gasteiger partial charge in [0, 0.05) is 37.0 Å². The number of hydrogen-bond acceptors (Lipinski definition) is 5. The summed E-state index contributed by atoms with van der Waals surface area (Å²) in [6.07, 6.45) is 4.43.